The molecule has 1 aliphatic heterocycles. The first kappa shape index (κ1) is 16.2. The molecule has 1 aliphatic rings. The average molecular weight is 319 g/mol. The molecule has 116 valence electrons. The number of rotatable bonds is 4. The van der Waals surface area contributed by atoms with Gasteiger partial charge in [-0.05, 0) is 17.9 Å². The summed E-state index contributed by atoms with van der Waals surface area (Å²) in [7, 11) is 0. The SMILES string of the molecule is CSc1ccccc1CN1C[C@@H](C(F)(F)F)[C@H](C(=O)O)C1. The second-order valence-corrected chi connectivity index (χ2v) is 5.95. The van der Waals surface area contributed by atoms with Gasteiger partial charge < -0.3 is 5.11 Å². The minimum absolute atomic E-state index is 0.0672. The van der Waals surface area contributed by atoms with Gasteiger partial charge in [-0.2, -0.15) is 13.2 Å². The van der Waals surface area contributed by atoms with Gasteiger partial charge in [0.1, 0.15) is 0 Å². The first-order valence-electron chi connectivity index (χ1n) is 6.46. The van der Waals surface area contributed by atoms with Crippen LogP contribution in [-0.2, 0) is 11.3 Å². The van der Waals surface area contributed by atoms with E-state index in [1.807, 2.05) is 30.5 Å². The molecule has 0 spiro atoms. The van der Waals surface area contributed by atoms with Gasteiger partial charge in [-0.25, -0.2) is 0 Å². The normalized spacial score (nSPS) is 23.4. The molecule has 1 heterocycles. The number of carboxylic acid groups (broad SMARTS) is 1. The van der Waals surface area contributed by atoms with E-state index < -0.39 is 24.0 Å². The third kappa shape index (κ3) is 3.71. The van der Waals surface area contributed by atoms with Crippen LogP contribution in [0.5, 0.6) is 0 Å². The molecule has 2 atom stereocenters. The van der Waals surface area contributed by atoms with E-state index in [2.05, 4.69) is 0 Å². The summed E-state index contributed by atoms with van der Waals surface area (Å²) in [6.45, 7) is 0.0127. The molecule has 0 unspecified atom stereocenters. The van der Waals surface area contributed by atoms with Crippen LogP contribution in [0.25, 0.3) is 0 Å². The zero-order valence-electron chi connectivity index (χ0n) is 11.4. The molecule has 0 radical (unpaired) electrons. The molecule has 0 aromatic heterocycles. The molecular weight excluding hydrogens is 303 g/mol. The van der Waals surface area contributed by atoms with Gasteiger partial charge in [-0.1, -0.05) is 18.2 Å². The van der Waals surface area contributed by atoms with Crippen LogP contribution in [0.15, 0.2) is 29.2 Å². The topological polar surface area (TPSA) is 40.5 Å². The molecule has 1 aromatic carbocycles. The van der Waals surface area contributed by atoms with E-state index in [1.54, 1.807) is 4.90 Å². The van der Waals surface area contributed by atoms with Crippen LogP contribution in [0.1, 0.15) is 5.56 Å². The summed E-state index contributed by atoms with van der Waals surface area (Å²) in [5.74, 6) is -4.55. The van der Waals surface area contributed by atoms with Gasteiger partial charge in [-0.15, -0.1) is 11.8 Å². The number of nitrogens with zero attached hydrogens (tertiary/aromatic N) is 1. The number of alkyl halides is 3. The Hall–Kier alpha value is -1.21. The number of thioether (sulfide) groups is 1. The maximum atomic E-state index is 12.9. The Bertz CT molecular complexity index is 521. The van der Waals surface area contributed by atoms with Crippen molar-refractivity contribution in [2.75, 3.05) is 19.3 Å². The second-order valence-electron chi connectivity index (χ2n) is 5.10. The molecule has 1 saturated heterocycles. The number of hydrogen-bond donors (Lipinski definition) is 1. The Morgan fingerprint density at radius 2 is 2.05 bits per heavy atom. The van der Waals surface area contributed by atoms with Crippen molar-refractivity contribution < 1.29 is 23.1 Å². The summed E-state index contributed by atoms with van der Waals surface area (Å²) in [6, 6.07) is 7.48. The predicted octanol–water partition coefficient (Wildman–Crippen LogP) is 3.10. The van der Waals surface area contributed by atoms with E-state index in [0.29, 0.717) is 6.54 Å². The summed E-state index contributed by atoms with van der Waals surface area (Å²) >= 11 is 1.53. The Morgan fingerprint density at radius 1 is 1.38 bits per heavy atom. The van der Waals surface area contributed by atoms with Crippen LogP contribution in [0.4, 0.5) is 13.2 Å². The highest BCUT2D eigenvalue weighted by atomic mass is 32.2. The maximum Gasteiger partial charge on any atom is 0.393 e. The molecule has 1 aromatic rings. The third-order valence-electron chi connectivity index (χ3n) is 3.72. The Kier molecular flexibility index (Phi) is 4.83. The van der Waals surface area contributed by atoms with E-state index in [4.69, 9.17) is 5.11 Å². The van der Waals surface area contributed by atoms with Gasteiger partial charge in [-0.3, -0.25) is 9.69 Å². The van der Waals surface area contributed by atoms with E-state index in [0.717, 1.165) is 10.5 Å². The highest BCUT2D eigenvalue weighted by molar-refractivity contribution is 7.98. The van der Waals surface area contributed by atoms with E-state index >= 15 is 0 Å². The molecule has 7 heteroatoms. The molecule has 1 fully saturated rings. The third-order valence-corrected chi connectivity index (χ3v) is 4.56. The number of likely N-dealkylation sites (tertiary alicyclic amines) is 1. The van der Waals surface area contributed by atoms with Crippen LogP contribution in [0.2, 0.25) is 0 Å². The van der Waals surface area contributed by atoms with Gasteiger partial charge in [0, 0.05) is 24.5 Å². The van der Waals surface area contributed by atoms with Gasteiger partial charge in [0.2, 0.25) is 0 Å². The molecule has 0 amide bonds. The van der Waals surface area contributed by atoms with Gasteiger partial charge in [0.05, 0.1) is 11.8 Å². The summed E-state index contributed by atoms with van der Waals surface area (Å²) in [6.07, 6.45) is -2.57. The second kappa shape index (κ2) is 6.27. The highest BCUT2D eigenvalue weighted by Crippen LogP contribution is 2.38. The largest absolute Gasteiger partial charge is 0.481 e. The van der Waals surface area contributed by atoms with E-state index in [-0.39, 0.29) is 13.1 Å². The molecule has 21 heavy (non-hydrogen) atoms. The summed E-state index contributed by atoms with van der Waals surface area (Å²) < 4.78 is 38.8. The predicted molar refractivity (Wildman–Crippen MR) is 74.2 cm³/mol. The number of carboxylic acids is 1. The van der Waals surface area contributed by atoms with Gasteiger partial charge in [0.15, 0.2) is 0 Å². The van der Waals surface area contributed by atoms with Crippen LogP contribution < -0.4 is 0 Å². The van der Waals surface area contributed by atoms with Crippen molar-refractivity contribution >= 4 is 17.7 Å². The number of benzene rings is 1. The number of halogens is 3. The van der Waals surface area contributed by atoms with Crippen molar-refractivity contribution in [3.05, 3.63) is 29.8 Å². The first-order valence-corrected chi connectivity index (χ1v) is 7.69. The van der Waals surface area contributed by atoms with Gasteiger partial charge in [0.25, 0.3) is 0 Å². The smallest absolute Gasteiger partial charge is 0.393 e. The molecule has 1 N–H and O–H groups in total. The minimum Gasteiger partial charge on any atom is -0.481 e. The lowest BCUT2D eigenvalue weighted by Crippen LogP contribution is -2.33. The van der Waals surface area contributed by atoms with Crippen molar-refractivity contribution in [2.45, 2.75) is 17.6 Å². The summed E-state index contributed by atoms with van der Waals surface area (Å²) in [4.78, 5) is 13.6. The number of aliphatic carboxylic acids is 1. The monoisotopic (exact) mass is 319 g/mol. The lowest BCUT2D eigenvalue weighted by Gasteiger charge is -2.19. The highest BCUT2D eigenvalue weighted by Gasteiger charge is 2.52. The quantitative estimate of drug-likeness (QED) is 0.866. The fraction of sp³-hybridized carbons (Fsp3) is 0.500. The zero-order chi connectivity index (χ0) is 15.6. The lowest BCUT2D eigenvalue weighted by molar-refractivity contribution is -0.188. The molecular formula is C14H16F3NO2S. The van der Waals surface area contributed by atoms with Crippen molar-refractivity contribution in [3.8, 4) is 0 Å². The standard InChI is InChI=1S/C14H16F3NO2S/c1-21-12-5-3-2-4-9(12)6-18-7-10(13(19)20)11(8-18)14(15,16)17/h2-5,10-11H,6-8H2,1H3,(H,19,20)/t10-,11-/m1/s1. The molecule has 0 saturated carbocycles. The van der Waals surface area contributed by atoms with Crippen LogP contribution >= 0.6 is 11.8 Å². The molecule has 0 bridgehead atoms. The Balaban J connectivity index is 2.14. The minimum atomic E-state index is -4.48. The lowest BCUT2D eigenvalue weighted by atomic mass is 9.96. The zero-order valence-corrected chi connectivity index (χ0v) is 12.2. The van der Waals surface area contributed by atoms with Crippen molar-refractivity contribution in [3.63, 3.8) is 0 Å². The Labute approximate surface area is 125 Å². The number of hydrogen-bond acceptors (Lipinski definition) is 3. The van der Waals surface area contributed by atoms with Crippen molar-refractivity contribution in [1.82, 2.24) is 4.90 Å². The summed E-state index contributed by atoms with van der Waals surface area (Å²) in [5, 5.41) is 9.00. The Morgan fingerprint density at radius 3 is 2.57 bits per heavy atom. The maximum absolute atomic E-state index is 12.9. The van der Waals surface area contributed by atoms with Crippen molar-refractivity contribution in [2.24, 2.45) is 11.8 Å². The van der Waals surface area contributed by atoms with Crippen LogP contribution in [0.3, 0.4) is 0 Å². The summed E-state index contributed by atoms with van der Waals surface area (Å²) in [5.41, 5.74) is 0.928. The van der Waals surface area contributed by atoms with E-state index in [9.17, 15) is 18.0 Å². The van der Waals surface area contributed by atoms with Crippen molar-refractivity contribution in [1.29, 1.82) is 0 Å². The fourth-order valence-electron chi connectivity index (χ4n) is 2.67. The van der Waals surface area contributed by atoms with E-state index in [1.165, 1.54) is 11.8 Å². The molecule has 3 nitrogen and oxygen atoms in total. The molecule has 2 rings (SSSR count). The van der Waals surface area contributed by atoms with Crippen LogP contribution in [0, 0.1) is 11.8 Å². The van der Waals surface area contributed by atoms with Gasteiger partial charge >= 0.3 is 12.1 Å². The molecule has 0 aliphatic carbocycles. The first-order chi connectivity index (χ1) is 9.82. The fourth-order valence-corrected chi connectivity index (χ4v) is 3.28. The average Bonchev–Trinajstić information content (AvgIpc) is 2.83. The van der Waals surface area contributed by atoms with Crippen LogP contribution in [-0.4, -0.2) is 41.5 Å². The number of carbonyl (C=O) groups is 1.